The van der Waals surface area contributed by atoms with E-state index in [1.807, 2.05) is 60.8 Å². The largest absolute Gasteiger partial charge is 0.320 e. The number of hydrogen-bond donors (Lipinski definition) is 0. The summed E-state index contributed by atoms with van der Waals surface area (Å²) in [6, 6.07) is 32.8. The zero-order valence-corrected chi connectivity index (χ0v) is 24.7. The molecule has 37 heavy (non-hydrogen) atoms. The van der Waals surface area contributed by atoms with Gasteiger partial charge in [-0.1, -0.05) is 68.9 Å². The van der Waals surface area contributed by atoms with E-state index in [0.29, 0.717) is 11.3 Å². The molecule has 3 aromatic carbocycles. The van der Waals surface area contributed by atoms with Crippen molar-refractivity contribution in [2.45, 2.75) is 75.5 Å². The van der Waals surface area contributed by atoms with E-state index < -0.39 is 7.14 Å². The van der Waals surface area contributed by atoms with Crippen LogP contribution in [0.1, 0.15) is 64.2 Å². The van der Waals surface area contributed by atoms with Crippen LogP contribution in [-0.2, 0) is 24.7 Å². The van der Waals surface area contributed by atoms with E-state index in [1.54, 1.807) is 0 Å². The van der Waals surface area contributed by atoms with E-state index >= 15 is 0 Å². The SMILES string of the molecule is O=P(c1[c-]cccc1)(C1CCCCC1)C1CCCCC1.[Ir].[c-]1ccccc1-c1cc2ccccc2cn1. The van der Waals surface area contributed by atoms with Crippen molar-refractivity contribution in [2.24, 2.45) is 0 Å². The molecular formula is C33H36IrNOP-2. The smallest absolute Gasteiger partial charge is 0.0978 e. The Morgan fingerprint density at radius 1 is 0.676 bits per heavy atom. The Kier molecular flexibility index (Phi) is 10.3. The van der Waals surface area contributed by atoms with E-state index in [1.165, 1.54) is 75.0 Å². The van der Waals surface area contributed by atoms with Gasteiger partial charge in [-0.2, -0.15) is 30.3 Å². The van der Waals surface area contributed by atoms with Crippen LogP contribution in [-0.4, -0.2) is 16.3 Å². The number of fused-ring (bicyclic) bond motifs is 1. The topological polar surface area (TPSA) is 30.0 Å². The first-order valence-corrected chi connectivity index (χ1v) is 15.5. The number of nitrogens with zero attached hydrogens (tertiary/aromatic N) is 1. The Balaban J connectivity index is 0.000000172. The number of benzene rings is 3. The molecule has 1 radical (unpaired) electrons. The van der Waals surface area contributed by atoms with E-state index in [2.05, 4.69) is 41.4 Å². The second-order valence-corrected chi connectivity index (χ2v) is 13.6. The van der Waals surface area contributed by atoms with Crippen LogP contribution in [0.4, 0.5) is 0 Å². The minimum atomic E-state index is -2.28. The molecule has 2 nitrogen and oxygen atoms in total. The third kappa shape index (κ3) is 6.69. The van der Waals surface area contributed by atoms with Crippen LogP contribution in [0.15, 0.2) is 85.1 Å². The zero-order valence-electron chi connectivity index (χ0n) is 21.4. The summed E-state index contributed by atoms with van der Waals surface area (Å²) in [6.07, 6.45) is 14.4. The number of aromatic nitrogens is 1. The molecule has 6 rings (SSSR count). The van der Waals surface area contributed by atoms with Crippen molar-refractivity contribution in [1.82, 2.24) is 4.98 Å². The van der Waals surface area contributed by atoms with Gasteiger partial charge in [0, 0.05) is 37.6 Å². The summed E-state index contributed by atoms with van der Waals surface area (Å²) in [5, 5.41) is 3.44. The molecule has 0 N–H and O–H groups in total. The number of pyridine rings is 1. The monoisotopic (exact) mass is 686 g/mol. The molecule has 4 aromatic rings. The third-order valence-electron chi connectivity index (χ3n) is 7.92. The van der Waals surface area contributed by atoms with Crippen molar-refractivity contribution in [3.8, 4) is 11.3 Å². The standard InChI is InChI=1S/C18H26OP.C15H10N.Ir/c19-20(16-10-4-1-5-11-16,17-12-6-2-7-13-17)18-14-8-3-9-15-18;1-2-6-12(7-3-1)15-10-13-8-4-5-9-14(13)11-16-15;/h1,4-5,10,17-18H,2-3,6-9,12-15H2;1-6,8-11H;/q2*-1;. The van der Waals surface area contributed by atoms with Gasteiger partial charge in [-0.05, 0) is 42.1 Å². The van der Waals surface area contributed by atoms with Gasteiger partial charge in [0.25, 0.3) is 0 Å². The molecule has 0 unspecified atom stereocenters. The van der Waals surface area contributed by atoms with E-state index in [4.69, 9.17) is 0 Å². The molecule has 1 heterocycles. The molecule has 1 aromatic heterocycles. The Bertz CT molecular complexity index is 1260. The predicted octanol–water partition coefficient (Wildman–Crippen LogP) is 8.84. The first kappa shape index (κ1) is 28.0. The van der Waals surface area contributed by atoms with Gasteiger partial charge < -0.3 is 9.55 Å². The van der Waals surface area contributed by atoms with Crippen LogP contribution in [0.25, 0.3) is 22.0 Å². The van der Waals surface area contributed by atoms with Gasteiger partial charge in [-0.15, -0.1) is 41.2 Å². The minimum absolute atomic E-state index is 0. The summed E-state index contributed by atoms with van der Waals surface area (Å²) in [4.78, 5) is 4.45. The molecular weight excluding hydrogens is 650 g/mol. The zero-order chi connectivity index (χ0) is 24.6. The van der Waals surface area contributed by atoms with Crippen LogP contribution < -0.4 is 5.30 Å². The average Bonchev–Trinajstić information content (AvgIpc) is 2.98. The second-order valence-electron chi connectivity index (χ2n) is 10.2. The maximum Gasteiger partial charge on any atom is 0.0978 e. The van der Waals surface area contributed by atoms with Crippen LogP contribution in [0.3, 0.4) is 0 Å². The molecule has 2 fully saturated rings. The molecule has 2 aliphatic rings. The van der Waals surface area contributed by atoms with Gasteiger partial charge in [0.05, 0.1) is 7.14 Å². The summed E-state index contributed by atoms with van der Waals surface area (Å²) < 4.78 is 14.1. The van der Waals surface area contributed by atoms with Crippen molar-refractivity contribution in [3.05, 3.63) is 97.2 Å². The summed E-state index contributed by atoms with van der Waals surface area (Å²) in [7, 11) is -2.28. The Morgan fingerprint density at radius 2 is 1.24 bits per heavy atom. The van der Waals surface area contributed by atoms with Gasteiger partial charge >= 0.3 is 0 Å². The molecule has 2 saturated carbocycles. The normalized spacial score (nSPS) is 16.9. The fraction of sp³-hybridized carbons (Fsp3) is 0.364. The van der Waals surface area contributed by atoms with Crippen LogP contribution in [0.5, 0.6) is 0 Å². The fourth-order valence-corrected chi connectivity index (χ4v) is 10.2. The molecule has 195 valence electrons. The number of hydrogen-bond acceptors (Lipinski definition) is 2. The molecule has 0 aliphatic heterocycles. The fourth-order valence-electron chi connectivity index (χ4n) is 6.01. The molecule has 0 amide bonds. The van der Waals surface area contributed by atoms with Crippen LogP contribution in [0, 0.1) is 12.1 Å². The van der Waals surface area contributed by atoms with E-state index in [9.17, 15) is 4.57 Å². The molecule has 4 heteroatoms. The average molecular weight is 686 g/mol. The van der Waals surface area contributed by atoms with Gasteiger partial charge in [0.2, 0.25) is 0 Å². The first-order chi connectivity index (χ1) is 17.7. The molecule has 0 bridgehead atoms. The Hall–Kier alpha value is -2.05. The van der Waals surface area contributed by atoms with Gasteiger partial charge in [0.15, 0.2) is 0 Å². The molecule has 0 spiro atoms. The third-order valence-corrected chi connectivity index (χ3v) is 12.2. The molecule has 0 atom stereocenters. The van der Waals surface area contributed by atoms with Crippen LogP contribution >= 0.6 is 7.14 Å². The summed E-state index contributed by atoms with van der Waals surface area (Å²) in [5.41, 5.74) is 2.89. The van der Waals surface area contributed by atoms with Gasteiger partial charge in [-0.25, -0.2) is 0 Å². The number of rotatable bonds is 4. The maximum atomic E-state index is 14.1. The van der Waals surface area contributed by atoms with Gasteiger partial charge in [-0.3, -0.25) is 0 Å². The second kappa shape index (κ2) is 13.7. The first-order valence-electron chi connectivity index (χ1n) is 13.6. The molecule has 0 saturated heterocycles. The molecule has 2 aliphatic carbocycles. The van der Waals surface area contributed by atoms with Gasteiger partial charge in [0.1, 0.15) is 0 Å². The van der Waals surface area contributed by atoms with Crippen molar-refractivity contribution in [2.75, 3.05) is 0 Å². The van der Waals surface area contributed by atoms with E-state index in [-0.39, 0.29) is 20.1 Å². The van der Waals surface area contributed by atoms with Crippen molar-refractivity contribution >= 4 is 23.2 Å². The van der Waals surface area contributed by atoms with Crippen molar-refractivity contribution in [3.63, 3.8) is 0 Å². The van der Waals surface area contributed by atoms with E-state index in [0.717, 1.165) is 16.6 Å². The Labute approximate surface area is 236 Å². The predicted molar refractivity (Wildman–Crippen MR) is 152 cm³/mol. The Morgan fingerprint density at radius 3 is 1.81 bits per heavy atom. The quantitative estimate of drug-likeness (QED) is 0.159. The summed E-state index contributed by atoms with van der Waals surface area (Å²) in [5.74, 6) is 0. The van der Waals surface area contributed by atoms with Crippen molar-refractivity contribution < 1.29 is 24.7 Å². The maximum absolute atomic E-state index is 14.1. The van der Waals surface area contributed by atoms with Crippen LogP contribution in [0.2, 0.25) is 0 Å². The van der Waals surface area contributed by atoms with Crippen molar-refractivity contribution in [1.29, 1.82) is 0 Å². The summed E-state index contributed by atoms with van der Waals surface area (Å²) in [6.45, 7) is 0. The minimum Gasteiger partial charge on any atom is -0.320 e. The summed E-state index contributed by atoms with van der Waals surface area (Å²) >= 11 is 0.